The minimum atomic E-state index is -4.67. The fraction of sp³-hybridized carbons (Fsp3) is 0.294. The molecule has 0 aliphatic rings. The normalized spacial score (nSPS) is 11.4. The number of aromatic nitrogens is 2. The molecule has 0 saturated heterocycles. The average Bonchev–Trinajstić information content (AvgIpc) is 3.06. The van der Waals surface area contributed by atoms with Gasteiger partial charge >= 0.3 is 10.4 Å². The second-order valence-corrected chi connectivity index (χ2v) is 9.14. The summed E-state index contributed by atoms with van der Waals surface area (Å²) in [6.07, 6.45) is 2.58. The summed E-state index contributed by atoms with van der Waals surface area (Å²) < 4.78 is 59.5. The lowest BCUT2D eigenvalue weighted by atomic mass is 10.1. The van der Waals surface area contributed by atoms with E-state index in [9.17, 15) is 13.2 Å². The van der Waals surface area contributed by atoms with E-state index in [4.69, 9.17) is 21.9 Å². The second-order valence-electron chi connectivity index (χ2n) is 5.98. The van der Waals surface area contributed by atoms with E-state index in [1.165, 1.54) is 12.6 Å². The molecule has 1 aromatic carbocycles. The van der Waals surface area contributed by atoms with Gasteiger partial charge in [0.25, 0.3) is 5.56 Å². The maximum absolute atomic E-state index is 11.8. The van der Waals surface area contributed by atoms with Crippen molar-refractivity contribution >= 4 is 31.1 Å². The van der Waals surface area contributed by atoms with Crippen LogP contribution in [0.4, 0.5) is 0 Å². The predicted octanol–water partition coefficient (Wildman–Crippen LogP) is 1.30. The highest BCUT2D eigenvalue weighted by Gasteiger charge is 2.08. The molecule has 2 aromatic heterocycles. The zero-order chi connectivity index (χ0) is 21.7. The summed E-state index contributed by atoms with van der Waals surface area (Å²) in [6.45, 7) is 0.803. The van der Waals surface area contributed by atoms with Gasteiger partial charge in [0.05, 0.1) is 29.5 Å². The molecule has 0 spiro atoms. The number of H-pyrrole nitrogens is 1. The van der Waals surface area contributed by atoms with Gasteiger partial charge in [-0.15, -0.1) is 0 Å². The van der Waals surface area contributed by atoms with Crippen molar-refractivity contribution in [2.45, 2.75) is 14.0 Å². The maximum Gasteiger partial charge on any atom is 0.394 e. The number of nitrogens with zero attached hydrogens (tertiary/aromatic N) is 1. The number of benzene rings is 1. The molecule has 0 aliphatic heterocycles. The van der Waals surface area contributed by atoms with Crippen LogP contribution in [0.3, 0.4) is 0 Å². The molecule has 3 aromatic rings. The number of nitrogens with one attached hydrogen (secondary N) is 2. The van der Waals surface area contributed by atoms with E-state index in [0.29, 0.717) is 35.5 Å². The third kappa shape index (κ3) is 8.84. The molecule has 0 fully saturated rings. The van der Waals surface area contributed by atoms with Gasteiger partial charge < -0.3 is 14.7 Å². The van der Waals surface area contributed by atoms with E-state index >= 15 is 0 Å². The molecular weight excluding hydrogens is 438 g/mol. The quantitative estimate of drug-likeness (QED) is 0.309. The van der Waals surface area contributed by atoms with Gasteiger partial charge in [-0.3, -0.25) is 13.9 Å². The van der Waals surface area contributed by atoms with Gasteiger partial charge in [-0.05, 0) is 30.3 Å². The van der Waals surface area contributed by atoms with Crippen molar-refractivity contribution in [1.82, 2.24) is 15.3 Å². The minimum Gasteiger partial charge on any atom is -0.460 e. The number of furan rings is 1. The summed E-state index contributed by atoms with van der Waals surface area (Å²) >= 11 is 0. The van der Waals surface area contributed by atoms with Crippen molar-refractivity contribution in [2.24, 2.45) is 0 Å². The lowest BCUT2D eigenvalue weighted by molar-refractivity contribution is 0.381. The van der Waals surface area contributed by atoms with E-state index < -0.39 is 20.2 Å². The van der Waals surface area contributed by atoms with Gasteiger partial charge in [0.2, 0.25) is 0 Å². The number of hydrogen-bond acceptors (Lipinski definition) is 8. The Morgan fingerprint density at radius 2 is 1.80 bits per heavy atom. The number of aromatic amines is 1. The molecule has 0 saturated carbocycles. The highest BCUT2D eigenvalue weighted by atomic mass is 32.3. The van der Waals surface area contributed by atoms with Crippen LogP contribution in [-0.2, 0) is 26.8 Å². The molecule has 0 unspecified atom stereocenters. The van der Waals surface area contributed by atoms with Crippen LogP contribution in [-0.4, -0.2) is 54.5 Å². The summed E-state index contributed by atoms with van der Waals surface area (Å²) in [5.41, 5.74) is 1.20. The smallest absolute Gasteiger partial charge is 0.394 e. The maximum atomic E-state index is 11.8. The molecule has 11 nitrogen and oxygen atoms in total. The van der Waals surface area contributed by atoms with Crippen LogP contribution >= 0.6 is 0 Å². The summed E-state index contributed by atoms with van der Waals surface area (Å²) in [7, 11) is -7.64. The Hall–Kier alpha value is -2.58. The first-order chi connectivity index (χ1) is 13.4. The van der Waals surface area contributed by atoms with Gasteiger partial charge in [-0.1, -0.05) is 7.43 Å². The first-order valence-electron chi connectivity index (χ1n) is 8.07. The van der Waals surface area contributed by atoms with Gasteiger partial charge in [0.15, 0.2) is 0 Å². The Bertz CT molecular complexity index is 1240. The Balaban J connectivity index is 0.000000674. The minimum absolute atomic E-state index is 0. The topological polar surface area (TPSA) is 180 Å². The van der Waals surface area contributed by atoms with Crippen LogP contribution in [0.15, 0.2) is 45.9 Å². The highest BCUT2D eigenvalue weighted by molar-refractivity contribution is 7.90. The lowest BCUT2D eigenvalue weighted by Gasteiger charge is -2.02. The predicted molar refractivity (Wildman–Crippen MR) is 112 cm³/mol. The summed E-state index contributed by atoms with van der Waals surface area (Å²) in [4.78, 5) is 18.5. The Kier molecular flexibility index (Phi) is 8.87. The van der Waals surface area contributed by atoms with E-state index in [0.717, 1.165) is 5.56 Å². The molecular formula is C17H23N3O8S2. The zero-order valence-corrected chi connectivity index (χ0v) is 16.8. The van der Waals surface area contributed by atoms with E-state index in [-0.39, 0.29) is 18.7 Å². The van der Waals surface area contributed by atoms with E-state index in [2.05, 4.69) is 15.3 Å². The Morgan fingerprint density at radius 3 is 2.43 bits per heavy atom. The average molecular weight is 462 g/mol. The summed E-state index contributed by atoms with van der Waals surface area (Å²) in [5, 5.41) is 3.52. The van der Waals surface area contributed by atoms with Crippen LogP contribution in [0.5, 0.6) is 0 Å². The Morgan fingerprint density at radius 1 is 1.13 bits per heavy atom. The van der Waals surface area contributed by atoms with E-state index in [1.807, 2.05) is 18.2 Å². The summed E-state index contributed by atoms with van der Waals surface area (Å²) in [5.74, 6) is 1.42. The summed E-state index contributed by atoms with van der Waals surface area (Å²) in [6, 6.07) is 8.99. The fourth-order valence-corrected chi connectivity index (χ4v) is 2.83. The first kappa shape index (κ1) is 25.5. The molecule has 0 bridgehead atoms. The van der Waals surface area contributed by atoms with Gasteiger partial charge in [-0.2, -0.15) is 8.42 Å². The Labute approximate surface area is 173 Å². The van der Waals surface area contributed by atoms with Crippen LogP contribution in [0, 0.1) is 0 Å². The highest BCUT2D eigenvalue weighted by Crippen LogP contribution is 2.24. The zero-order valence-electron chi connectivity index (χ0n) is 15.2. The standard InChI is InChI=1S/C16H17N3O4S.CH4.H2O4S/c1-24(21,22)7-6-17-9-12-3-5-15(23-12)11-2-4-14-13(8-11)16(20)19-10-18-14;;1-5(2,3)4/h2-5,8,10,17H,6-7,9H2,1H3,(H,18,19,20);1H4;(H2,1,2,3,4). The molecule has 0 atom stereocenters. The molecule has 13 heteroatoms. The third-order valence-corrected chi connectivity index (χ3v) is 4.48. The van der Waals surface area contributed by atoms with Gasteiger partial charge in [0, 0.05) is 18.4 Å². The van der Waals surface area contributed by atoms with Crippen LogP contribution in [0.1, 0.15) is 13.2 Å². The number of fused-ring (bicyclic) bond motifs is 1. The van der Waals surface area contributed by atoms with Crippen molar-refractivity contribution in [3.8, 4) is 11.3 Å². The van der Waals surface area contributed by atoms with Crippen LogP contribution in [0.2, 0.25) is 0 Å². The van der Waals surface area contributed by atoms with Gasteiger partial charge in [0.1, 0.15) is 21.4 Å². The van der Waals surface area contributed by atoms with Crippen molar-refractivity contribution in [3.63, 3.8) is 0 Å². The monoisotopic (exact) mass is 461 g/mol. The van der Waals surface area contributed by atoms with Crippen molar-refractivity contribution < 1.29 is 30.4 Å². The number of rotatable bonds is 6. The molecule has 3 rings (SSSR count). The SMILES string of the molecule is C.CS(=O)(=O)CCNCc1ccc(-c2ccc3nc[nH]c(=O)c3c2)o1.O=S(=O)(O)O. The first-order valence-corrected chi connectivity index (χ1v) is 11.5. The van der Waals surface area contributed by atoms with Gasteiger partial charge in [-0.25, -0.2) is 13.4 Å². The number of hydrogen-bond donors (Lipinski definition) is 4. The van der Waals surface area contributed by atoms with Crippen LogP contribution in [0.25, 0.3) is 22.2 Å². The second kappa shape index (κ2) is 10.4. The van der Waals surface area contributed by atoms with Crippen molar-refractivity contribution in [3.05, 3.63) is 52.8 Å². The lowest BCUT2D eigenvalue weighted by Crippen LogP contribution is -2.21. The molecule has 0 aliphatic carbocycles. The third-order valence-electron chi connectivity index (χ3n) is 3.54. The van der Waals surface area contributed by atoms with Crippen molar-refractivity contribution in [1.29, 1.82) is 0 Å². The number of sulfone groups is 1. The van der Waals surface area contributed by atoms with Crippen molar-refractivity contribution in [2.75, 3.05) is 18.6 Å². The fourth-order valence-electron chi connectivity index (χ4n) is 2.32. The molecule has 2 heterocycles. The largest absolute Gasteiger partial charge is 0.460 e. The molecule has 30 heavy (non-hydrogen) atoms. The molecule has 0 amide bonds. The molecule has 166 valence electrons. The molecule has 0 radical (unpaired) electrons. The van der Waals surface area contributed by atoms with E-state index in [1.54, 1.807) is 12.1 Å². The molecule has 4 N–H and O–H groups in total. The van der Waals surface area contributed by atoms with Crippen LogP contribution < -0.4 is 10.9 Å².